The van der Waals surface area contributed by atoms with Crippen molar-refractivity contribution >= 4 is 34.1 Å². The summed E-state index contributed by atoms with van der Waals surface area (Å²) in [5.74, 6) is -1.19. The molecule has 0 aliphatic rings. The van der Waals surface area contributed by atoms with Gasteiger partial charge >= 0.3 is 0 Å². The number of nitrogen functional groups attached to an aromatic ring is 1. The zero-order chi connectivity index (χ0) is 19.9. The van der Waals surface area contributed by atoms with E-state index in [1.165, 1.54) is 23.6 Å². The Kier molecular flexibility index (Phi) is 4.81. The van der Waals surface area contributed by atoms with Gasteiger partial charge in [0.05, 0.1) is 28.2 Å². The Morgan fingerprint density at radius 2 is 2.11 bits per heavy atom. The normalized spacial score (nSPS) is 11.1. The van der Waals surface area contributed by atoms with E-state index in [2.05, 4.69) is 4.98 Å². The second-order valence-corrected chi connectivity index (χ2v) is 6.22. The van der Waals surface area contributed by atoms with E-state index in [0.717, 1.165) is 12.1 Å². The van der Waals surface area contributed by atoms with Gasteiger partial charge in [-0.1, -0.05) is 11.6 Å². The van der Waals surface area contributed by atoms with Crippen LogP contribution in [-0.2, 0) is 6.54 Å². The van der Waals surface area contributed by atoms with E-state index in [-0.39, 0.29) is 44.3 Å². The Morgan fingerprint density at radius 1 is 1.41 bits per heavy atom. The number of hydrogen-bond donors (Lipinski definition) is 1. The molecular weight excluding hydrogens is 381 g/mol. The van der Waals surface area contributed by atoms with Crippen molar-refractivity contribution in [2.24, 2.45) is 0 Å². The number of hydrogen-bond acceptors (Lipinski definition) is 4. The third-order valence-corrected chi connectivity index (χ3v) is 4.43. The van der Waals surface area contributed by atoms with Crippen LogP contribution in [0, 0.1) is 24.1 Å². The number of carbonyl (C=O) groups excluding carboxylic acids is 1. The van der Waals surface area contributed by atoms with Crippen LogP contribution in [0.2, 0.25) is 5.02 Å². The second kappa shape index (κ2) is 6.93. The van der Waals surface area contributed by atoms with Crippen LogP contribution >= 0.6 is 11.6 Å². The van der Waals surface area contributed by atoms with Crippen molar-refractivity contribution in [2.45, 2.75) is 19.9 Å². The fourth-order valence-electron chi connectivity index (χ4n) is 2.92. The first kappa shape index (κ1) is 18.7. The summed E-state index contributed by atoms with van der Waals surface area (Å²) in [7, 11) is 0. The van der Waals surface area contributed by atoms with Crippen molar-refractivity contribution in [1.82, 2.24) is 9.55 Å². The van der Waals surface area contributed by atoms with E-state index in [9.17, 15) is 23.2 Å². The minimum absolute atomic E-state index is 0.0100. The molecule has 3 rings (SSSR count). The number of alkyl halides is 2. The predicted molar refractivity (Wildman–Crippen MR) is 94.4 cm³/mol. The van der Waals surface area contributed by atoms with Crippen molar-refractivity contribution in [3.05, 3.63) is 57.6 Å². The van der Waals surface area contributed by atoms with E-state index >= 15 is 0 Å². The van der Waals surface area contributed by atoms with Gasteiger partial charge in [0.1, 0.15) is 23.2 Å². The zero-order valence-corrected chi connectivity index (χ0v) is 14.7. The molecule has 27 heavy (non-hydrogen) atoms. The minimum Gasteiger partial charge on any atom is -0.398 e. The number of anilines is 1. The molecule has 0 amide bonds. The summed E-state index contributed by atoms with van der Waals surface area (Å²) < 4.78 is 40.5. The summed E-state index contributed by atoms with van der Waals surface area (Å²) in [6.45, 7) is 0.875. The lowest BCUT2D eigenvalue weighted by atomic mass is 9.96. The van der Waals surface area contributed by atoms with Crippen LogP contribution in [-0.4, -0.2) is 21.8 Å². The molecule has 138 valence electrons. The Balaban J connectivity index is 2.29. The third kappa shape index (κ3) is 3.22. The van der Waals surface area contributed by atoms with Gasteiger partial charge in [-0.15, -0.1) is 0 Å². The van der Waals surface area contributed by atoms with Crippen LogP contribution in [0.3, 0.4) is 0 Å². The number of nitriles is 1. The molecule has 0 atom stereocenters. The molecule has 5 nitrogen and oxygen atoms in total. The molecule has 2 N–H and O–H groups in total. The lowest BCUT2D eigenvalue weighted by molar-refractivity contribution is 0.103. The quantitative estimate of drug-likeness (QED) is 0.535. The smallest absolute Gasteiger partial charge is 0.256 e. The number of carbonyl (C=O) groups is 1. The molecule has 0 saturated carbocycles. The van der Waals surface area contributed by atoms with Crippen LogP contribution in [0.15, 0.2) is 24.3 Å². The van der Waals surface area contributed by atoms with Crippen LogP contribution < -0.4 is 5.73 Å². The molecule has 1 aromatic heterocycles. The molecule has 0 bridgehead atoms. The SMILES string of the molecule is Cc1nc2c(C#N)c(C(=O)c3cc(F)ccc3Cl)c(N)cc2n1CC(F)F. The Labute approximate surface area is 156 Å². The molecular formula is C18H12ClF3N4O. The van der Waals surface area contributed by atoms with Gasteiger partial charge in [0.25, 0.3) is 6.43 Å². The summed E-state index contributed by atoms with van der Waals surface area (Å²) in [4.78, 5) is 17.0. The van der Waals surface area contributed by atoms with E-state index in [4.69, 9.17) is 17.3 Å². The molecule has 1 heterocycles. The maximum Gasteiger partial charge on any atom is 0.256 e. The van der Waals surface area contributed by atoms with Gasteiger partial charge in [0.2, 0.25) is 0 Å². The van der Waals surface area contributed by atoms with Crippen LogP contribution in [0.25, 0.3) is 11.0 Å². The molecule has 0 aliphatic heterocycles. The molecule has 0 fully saturated rings. The van der Waals surface area contributed by atoms with Gasteiger partial charge in [-0.3, -0.25) is 4.79 Å². The molecule has 0 spiro atoms. The zero-order valence-electron chi connectivity index (χ0n) is 13.9. The topological polar surface area (TPSA) is 84.7 Å². The number of nitrogens with two attached hydrogens (primary N) is 1. The average Bonchev–Trinajstić information content (AvgIpc) is 2.90. The van der Waals surface area contributed by atoms with E-state index in [0.29, 0.717) is 0 Å². The lowest BCUT2D eigenvalue weighted by Gasteiger charge is -2.11. The minimum atomic E-state index is -2.64. The van der Waals surface area contributed by atoms with Gasteiger partial charge in [0.15, 0.2) is 5.78 Å². The molecule has 0 aliphatic carbocycles. The highest BCUT2D eigenvalue weighted by atomic mass is 35.5. The number of halogens is 4. The number of rotatable bonds is 4. The van der Waals surface area contributed by atoms with Crippen LogP contribution in [0.1, 0.15) is 27.3 Å². The van der Waals surface area contributed by atoms with E-state index in [1.54, 1.807) is 0 Å². The standard InChI is InChI=1S/C18H12ClF3N4O/c1-8-25-17-11(6-23)16(13(24)5-14(17)26(8)7-15(21)22)18(27)10-4-9(20)2-3-12(10)19/h2-5,15H,7,24H2,1H3. The second-order valence-electron chi connectivity index (χ2n) is 5.81. The Morgan fingerprint density at radius 3 is 2.74 bits per heavy atom. The largest absolute Gasteiger partial charge is 0.398 e. The first-order chi connectivity index (χ1) is 12.7. The van der Waals surface area contributed by atoms with Gasteiger partial charge in [0, 0.05) is 11.3 Å². The van der Waals surface area contributed by atoms with Gasteiger partial charge < -0.3 is 10.3 Å². The summed E-state index contributed by atoms with van der Waals surface area (Å²) in [5, 5.41) is 9.57. The highest BCUT2D eigenvalue weighted by molar-refractivity contribution is 6.35. The lowest BCUT2D eigenvalue weighted by Crippen LogP contribution is -2.11. The molecule has 0 radical (unpaired) electrons. The maximum atomic E-state index is 13.5. The molecule has 3 aromatic rings. The van der Waals surface area contributed by atoms with Gasteiger partial charge in [-0.05, 0) is 31.2 Å². The average molecular weight is 393 g/mol. The summed E-state index contributed by atoms with van der Waals surface area (Å²) >= 11 is 5.98. The van der Waals surface area contributed by atoms with Crippen LogP contribution in [0.5, 0.6) is 0 Å². The Bertz CT molecular complexity index is 1120. The van der Waals surface area contributed by atoms with Crippen molar-refractivity contribution in [3.63, 3.8) is 0 Å². The number of aryl methyl sites for hydroxylation is 1. The summed E-state index contributed by atoms with van der Waals surface area (Å²) in [6.07, 6.45) is -2.64. The highest BCUT2D eigenvalue weighted by Gasteiger charge is 2.25. The number of imidazole rings is 1. The molecule has 0 unspecified atom stereocenters. The fraction of sp³-hybridized carbons (Fsp3) is 0.167. The molecule has 2 aromatic carbocycles. The van der Waals surface area contributed by atoms with Crippen molar-refractivity contribution in [1.29, 1.82) is 5.26 Å². The summed E-state index contributed by atoms with van der Waals surface area (Å²) in [6, 6.07) is 6.41. The first-order valence-electron chi connectivity index (χ1n) is 7.72. The predicted octanol–water partition coefficient (Wildman–Crippen LogP) is 4.09. The van der Waals surface area contributed by atoms with Crippen molar-refractivity contribution < 1.29 is 18.0 Å². The maximum absolute atomic E-state index is 13.5. The highest BCUT2D eigenvalue weighted by Crippen LogP contribution is 2.31. The number of aromatic nitrogens is 2. The third-order valence-electron chi connectivity index (χ3n) is 4.10. The van der Waals surface area contributed by atoms with Crippen molar-refractivity contribution in [2.75, 3.05) is 5.73 Å². The number of benzene rings is 2. The monoisotopic (exact) mass is 392 g/mol. The van der Waals surface area contributed by atoms with Gasteiger partial charge in [-0.25, -0.2) is 18.2 Å². The van der Waals surface area contributed by atoms with E-state index < -0.39 is 24.6 Å². The number of fused-ring (bicyclic) bond motifs is 1. The summed E-state index contributed by atoms with van der Waals surface area (Å²) in [5.41, 5.74) is 5.60. The van der Waals surface area contributed by atoms with Gasteiger partial charge in [-0.2, -0.15) is 5.26 Å². The molecule has 9 heteroatoms. The number of ketones is 1. The molecule has 0 saturated heterocycles. The Hall–Kier alpha value is -3.05. The fourth-order valence-corrected chi connectivity index (χ4v) is 3.13. The number of nitrogens with zero attached hydrogens (tertiary/aromatic N) is 3. The van der Waals surface area contributed by atoms with E-state index in [1.807, 2.05) is 6.07 Å². The first-order valence-corrected chi connectivity index (χ1v) is 8.09. The van der Waals surface area contributed by atoms with Crippen LogP contribution in [0.4, 0.5) is 18.9 Å². The van der Waals surface area contributed by atoms with Crippen molar-refractivity contribution in [3.8, 4) is 6.07 Å².